The van der Waals surface area contributed by atoms with Crippen LogP contribution in [0.25, 0.3) is 0 Å². The molecule has 20 nitrogen and oxygen atoms in total. The summed E-state index contributed by atoms with van der Waals surface area (Å²) in [4.78, 5) is 69.9. The summed E-state index contributed by atoms with van der Waals surface area (Å²) in [5.41, 5.74) is 5.22. The van der Waals surface area contributed by atoms with Crippen molar-refractivity contribution < 1.29 is 54.3 Å². The number of nitrogens with two attached hydrogens (primary N) is 1. The zero-order valence-electron chi connectivity index (χ0n) is 37.0. The van der Waals surface area contributed by atoms with Crippen molar-refractivity contribution in [1.29, 1.82) is 10.5 Å². The summed E-state index contributed by atoms with van der Waals surface area (Å²) >= 11 is 0. The van der Waals surface area contributed by atoms with Gasteiger partial charge in [0, 0.05) is 44.8 Å². The lowest BCUT2D eigenvalue weighted by atomic mass is 10.1. The molecule has 3 N–H and O–H groups in total. The SMILES string of the molecule is CC(C)(C)OC(=O)N[C@@H](CN1C(=O)[C@@H]2C[C@H]1CN2S(=O)(=O)c1cccc(F)c1)C(=O)N1CCC[C@H]1C#N.N#C[C@@H]1CCCN1C(=O)[C@@H](N)CN1C(=O)[C@@H]2C[C@H]1CN2S(=O)(=O)c1cccc(F)c1. The Hall–Kier alpha value is -5.79. The van der Waals surface area contributed by atoms with Gasteiger partial charge in [-0.15, -0.1) is 0 Å². The van der Waals surface area contributed by atoms with Gasteiger partial charge in [0.25, 0.3) is 0 Å². The molecule has 0 unspecified atom stereocenters. The maximum Gasteiger partial charge on any atom is 0.408 e. The zero-order valence-corrected chi connectivity index (χ0v) is 38.7. The number of alkyl carbamates (subject to hydrolysis) is 1. The Bertz CT molecular complexity index is 2620. The van der Waals surface area contributed by atoms with Crippen LogP contribution >= 0.6 is 0 Å². The van der Waals surface area contributed by atoms with Crippen LogP contribution in [0.1, 0.15) is 59.3 Å². The third-order valence-electron chi connectivity index (χ3n) is 12.7. The van der Waals surface area contributed by atoms with Gasteiger partial charge in [-0.3, -0.25) is 19.2 Å². The van der Waals surface area contributed by atoms with Gasteiger partial charge in [0.15, 0.2) is 0 Å². The zero-order chi connectivity index (χ0) is 48.7. The van der Waals surface area contributed by atoms with Gasteiger partial charge in [0.2, 0.25) is 43.7 Å². The Balaban J connectivity index is 0.000000203. The second kappa shape index (κ2) is 19.1. The van der Waals surface area contributed by atoms with Crippen LogP contribution in [0.15, 0.2) is 58.3 Å². The number of amides is 5. The average molecular weight is 971 g/mol. The number of piperazine rings is 2. The lowest BCUT2D eigenvalue weighted by molar-refractivity contribution is -0.139. The molecule has 4 bridgehead atoms. The summed E-state index contributed by atoms with van der Waals surface area (Å²) in [7, 11) is -8.12. The molecule has 6 saturated heterocycles. The van der Waals surface area contributed by atoms with E-state index in [1.807, 2.05) is 0 Å². The minimum Gasteiger partial charge on any atom is -0.444 e. The normalized spacial score (nSPS) is 26.0. The molecule has 2 aromatic rings. The molecule has 0 spiro atoms. The van der Waals surface area contributed by atoms with Crippen LogP contribution in [0, 0.1) is 34.3 Å². The highest BCUT2D eigenvalue weighted by Gasteiger charge is 2.56. The number of nitriles is 2. The molecule has 8 atom stereocenters. The van der Waals surface area contributed by atoms with Crippen LogP contribution in [-0.2, 0) is 44.0 Å². The topological polar surface area (TPSA) is 268 Å². The molecule has 0 aromatic heterocycles. The predicted octanol–water partition coefficient (Wildman–Crippen LogP) is 0.849. The number of rotatable bonds is 11. The first kappa shape index (κ1) is 49.1. The monoisotopic (exact) mass is 970 g/mol. The molecule has 360 valence electrons. The van der Waals surface area contributed by atoms with Crippen LogP contribution in [0.2, 0.25) is 0 Å². The lowest BCUT2D eigenvalue weighted by Gasteiger charge is -2.36. The molecular formula is C43H52F2N10O10S2. The van der Waals surface area contributed by atoms with Crippen molar-refractivity contribution in [3.05, 3.63) is 60.2 Å². The standard InChI is InChI=1S/C24H30FN5O6S.C19H22FN5O4S/c1-24(2,3)36-23(33)27-19(21(31)28-9-5-7-16(28)12-26)14-29-17-11-20(22(29)32)30(13-17)37(34,35)18-8-4-6-15(25)10-18;20-12-3-1-5-15(7-12)30(28,29)25-10-14-8-17(25)19(27)24(14)11-16(22)18(26)23-6-2-4-13(23)9-21/h4,6,8,10,16-17,19-20H,5,7,9,11,13-14H2,1-3H3,(H,27,33);1,3,5,7,13-14,16-17H,2,4,6,8,10-11,22H2/t16-,17-,19-,20-;13-,14-,16-,17-/m00/s1. The number of hydrogen-bond donors (Lipinski definition) is 2. The van der Waals surface area contributed by atoms with Crippen LogP contribution in [0.3, 0.4) is 0 Å². The summed E-state index contributed by atoms with van der Waals surface area (Å²) < 4.78 is 86.6. The number of ether oxygens (including phenoxy) is 1. The molecular weight excluding hydrogens is 919 g/mol. The van der Waals surface area contributed by atoms with Crippen LogP contribution in [0.4, 0.5) is 13.6 Å². The molecule has 6 fully saturated rings. The molecule has 6 aliphatic rings. The summed E-state index contributed by atoms with van der Waals surface area (Å²) in [6, 6.07) is 7.38. The van der Waals surface area contributed by atoms with E-state index >= 15 is 0 Å². The molecule has 8 rings (SSSR count). The highest BCUT2D eigenvalue weighted by atomic mass is 32.2. The maximum atomic E-state index is 13.7. The van der Waals surface area contributed by atoms with Gasteiger partial charge in [-0.05, 0) is 95.7 Å². The summed E-state index contributed by atoms with van der Waals surface area (Å²) in [6.45, 7) is 5.66. The second-order valence-electron chi connectivity index (χ2n) is 18.3. The smallest absolute Gasteiger partial charge is 0.408 e. The molecule has 24 heteroatoms. The highest BCUT2D eigenvalue weighted by Crippen LogP contribution is 2.38. The Morgan fingerprint density at radius 1 is 0.776 bits per heavy atom. The second-order valence-corrected chi connectivity index (χ2v) is 22.1. The number of hydrogen-bond acceptors (Lipinski definition) is 13. The fourth-order valence-electron chi connectivity index (χ4n) is 9.61. The number of carbonyl (C=O) groups is 5. The molecule has 67 heavy (non-hydrogen) atoms. The van der Waals surface area contributed by atoms with E-state index < -0.39 is 109 Å². The molecule has 6 aliphatic heterocycles. The Kier molecular flexibility index (Phi) is 14.0. The lowest BCUT2D eigenvalue weighted by Crippen LogP contribution is -2.59. The van der Waals surface area contributed by atoms with Crippen molar-refractivity contribution in [2.24, 2.45) is 5.73 Å². The Morgan fingerprint density at radius 2 is 1.22 bits per heavy atom. The quantitative estimate of drug-likeness (QED) is 0.317. The summed E-state index contributed by atoms with van der Waals surface area (Å²) in [5, 5.41) is 21.1. The van der Waals surface area contributed by atoms with E-state index in [0.717, 1.165) is 39.3 Å². The first-order chi connectivity index (χ1) is 31.5. The van der Waals surface area contributed by atoms with Gasteiger partial charge in [-0.2, -0.15) is 19.1 Å². The number of benzene rings is 2. The number of sulfonamides is 2. The molecule has 0 radical (unpaired) electrons. The van der Waals surface area contributed by atoms with E-state index in [2.05, 4.69) is 17.5 Å². The Morgan fingerprint density at radius 3 is 1.64 bits per heavy atom. The van der Waals surface area contributed by atoms with Crippen molar-refractivity contribution in [2.75, 3.05) is 39.3 Å². The molecule has 5 amide bonds. The molecule has 0 aliphatic carbocycles. The van der Waals surface area contributed by atoms with Crippen LogP contribution < -0.4 is 11.1 Å². The van der Waals surface area contributed by atoms with Gasteiger partial charge in [0.05, 0.1) is 28.5 Å². The number of fused-ring (bicyclic) bond motifs is 4. The third kappa shape index (κ3) is 9.95. The number of nitrogens with zero attached hydrogens (tertiary/aromatic N) is 8. The van der Waals surface area contributed by atoms with Crippen molar-refractivity contribution >= 4 is 49.8 Å². The highest BCUT2D eigenvalue weighted by molar-refractivity contribution is 7.89. The predicted molar refractivity (Wildman–Crippen MR) is 230 cm³/mol. The first-order valence-corrected chi connectivity index (χ1v) is 24.7. The molecule has 2 aromatic carbocycles. The minimum atomic E-state index is -4.11. The summed E-state index contributed by atoms with van der Waals surface area (Å²) in [6.07, 6.45) is 2.17. The summed E-state index contributed by atoms with van der Waals surface area (Å²) in [5.74, 6) is -3.17. The minimum absolute atomic E-state index is 0.0207. The van der Waals surface area contributed by atoms with Crippen molar-refractivity contribution in [2.45, 2.75) is 123 Å². The number of likely N-dealkylation sites (tertiary alicyclic amines) is 4. The van der Waals surface area contributed by atoms with E-state index in [9.17, 15) is 54.9 Å². The fourth-order valence-corrected chi connectivity index (χ4v) is 12.9. The van der Waals surface area contributed by atoms with Crippen molar-refractivity contribution in [3.8, 4) is 12.1 Å². The van der Waals surface area contributed by atoms with E-state index in [4.69, 9.17) is 15.7 Å². The number of halogens is 2. The van der Waals surface area contributed by atoms with Gasteiger partial charge in [-0.25, -0.2) is 30.4 Å². The number of carbonyl (C=O) groups excluding carboxylic acids is 5. The van der Waals surface area contributed by atoms with E-state index in [-0.39, 0.29) is 48.3 Å². The van der Waals surface area contributed by atoms with E-state index in [0.29, 0.717) is 38.8 Å². The fraction of sp³-hybridized carbons (Fsp3) is 0.558. The molecule has 6 heterocycles. The third-order valence-corrected chi connectivity index (χ3v) is 16.5. The van der Waals surface area contributed by atoms with E-state index in [1.54, 1.807) is 20.8 Å². The largest absolute Gasteiger partial charge is 0.444 e. The first-order valence-electron chi connectivity index (χ1n) is 21.9. The maximum absolute atomic E-state index is 13.7. The van der Waals surface area contributed by atoms with Crippen LogP contribution in [0.5, 0.6) is 0 Å². The number of nitrogens with one attached hydrogen (secondary N) is 1. The Labute approximate surface area is 387 Å². The average Bonchev–Trinajstić information content (AvgIpc) is 4.15. The van der Waals surface area contributed by atoms with Crippen molar-refractivity contribution in [3.63, 3.8) is 0 Å². The van der Waals surface area contributed by atoms with E-state index in [1.165, 1.54) is 43.9 Å². The van der Waals surface area contributed by atoms with Gasteiger partial charge >= 0.3 is 6.09 Å². The van der Waals surface area contributed by atoms with Crippen molar-refractivity contribution in [1.82, 2.24) is 33.5 Å². The van der Waals surface area contributed by atoms with Crippen LogP contribution in [-0.4, -0.2) is 168 Å². The van der Waals surface area contributed by atoms with Gasteiger partial charge < -0.3 is 35.4 Å². The van der Waals surface area contributed by atoms with Gasteiger partial charge in [0.1, 0.15) is 53.5 Å². The molecule has 0 saturated carbocycles. The van der Waals surface area contributed by atoms with Gasteiger partial charge in [-0.1, -0.05) is 12.1 Å².